The van der Waals surface area contributed by atoms with E-state index in [0.717, 1.165) is 5.69 Å². The topological polar surface area (TPSA) is 55.2 Å². The number of rotatable bonds is 2. The number of nitrogens with zero attached hydrogens (tertiary/aromatic N) is 3. The van der Waals surface area contributed by atoms with E-state index in [4.69, 9.17) is 0 Å². The van der Waals surface area contributed by atoms with Crippen molar-refractivity contribution in [2.45, 2.75) is 45.0 Å². The largest absolute Gasteiger partial charge is 0.336 e. The quantitative estimate of drug-likeness (QED) is 0.816. The summed E-state index contributed by atoms with van der Waals surface area (Å²) < 4.78 is 26.3. The molecule has 19 heavy (non-hydrogen) atoms. The molecule has 0 radical (unpaired) electrons. The molecule has 0 saturated carbocycles. The number of aromatic nitrogens is 2. The van der Waals surface area contributed by atoms with E-state index < -0.39 is 9.84 Å². The molecule has 6 heteroatoms. The van der Waals surface area contributed by atoms with Gasteiger partial charge in [-0.3, -0.25) is 4.90 Å². The highest BCUT2D eigenvalue weighted by Crippen LogP contribution is 2.22. The van der Waals surface area contributed by atoms with E-state index in [9.17, 15) is 8.42 Å². The van der Waals surface area contributed by atoms with E-state index in [2.05, 4.69) is 30.7 Å². The van der Waals surface area contributed by atoms with Gasteiger partial charge in [0, 0.05) is 31.4 Å². The molecule has 1 saturated heterocycles. The van der Waals surface area contributed by atoms with E-state index >= 15 is 0 Å². The molecule has 1 aliphatic heterocycles. The Morgan fingerprint density at radius 3 is 2.63 bits per heavy atom. The molecule has 2 rings (SSSR count). The van der Waals surface area contributed by atoms with Gasteiger partial charge < -0.3 is 4.57 Å². The minimum atomic E-state index is -3.00. The smallest absolute Gasteiger partial charge is 0.157 e. The van der Waals surface area contributed by atoms with Gasteiger partial charge in [0.15, 0.2) is 9.84 Å². The number of imidazole rings is 1. The summed E-state index contributed by atoms with van der Waals surface area (Å²) in [6, 6.07) is 0. The SMILES string of the molecule is Cc1cn(C[C@@H]2CN(C(C)(C)C)CCS2(=O)=O)cn1. The minimum absolute atomic E-state index is 0.0129. The van der Waals surface area contributed by atoms with Crippen molar-refractivity contribution in [1.82, 2.24) is 14.5 Å². The molecular formula is C13H23N3O2S. The molecule has 1 fully saturated rings. The van der Waals surface area contributed by atoms with Gasteiger partial charge in [-0.05, 0) is 27.7 Å². The summed E-state index contributed by atoms with van der Waals surface area (Å²) >= 11 is 0. The van der Waals surface area contributed by atoms with E-state index in [-0.39, 0.29) is 16.5 Å². The summed E-state index contributed by atoms with van der Waals surface area (Å²) in [5.41, 5.74) is 0.930. The summed E-state index contributed by atoms with van der Waals surface area (Å²) in [5, 5.41) is -0.339. The number of hydrogen-bond donors (Lipinski definition) is 0. The van der Waals surface area contributed by atoms with Gasteiger partial charge in [-0.1, -0.05) is 0 Å². The van der Waals surface area contributed by atoms with Gasteiger partial charge in [-0.15, -0.1) is 0 Å². The molecule has 0 spiro atoms. The molecule has 108 valence electrons. The lowest BCUT2D eigenvalue weighted by Gasteiger charge is -2.41. The van der Waals surface area contributed by atoms with E-state index in [1.54, 1.807) is 6.33 Å². The van der Waals surface area contributed by atoms with Crippen molar-refractivity contribution in [3.63, 3.8) is 0 Å². The average Bonchev–Trinajstić information content (AvgIpc) is 2.65. The van der Waals surface area contributed by atoms with Crippen LogP contribution in [0.3, 0.4) is 0 Å². The Hall–Kier alpha value is -0.880. The molecule has 0 amide bonds. The lowest BCUT2D eigenvalue weighted by Crippen LogP contribution is -2.54. The Kier molecular flexibility index (Phi) is 3.75. The fraction of sp³-hybridized carbons (Fsp3) is 0.769. The Bertz CT molecular complexity index is 542. The molecule has 0 aromatic carbocycles. The molecule has 1 aliphatic rings. The third-order valence-corrected chi connectivity index (χ3v) is 5.77. The molecule has 5 nitrogen and oxygen atoms in total. The van der Waals surface area contributed by atoms with Crippen molar-refractivity contribution >= 4 is 9.84 Å². The van der Waals surface area contributed by atoms with Gasteiger partial charge in [0.1, 0.15) is 0 Å². The predicted octanol–water partition coefficient (Wildman–Crippen LogP) is 1.09. The van der Waals surface area contributed by atoms with Crippen LogP contribution in [0.5, 0.6) is 0 Å². The normalized spacial score (nSPS) is 24.5. The average molecular weight is 285 g/mol. The van der Waals surface area contributed by atoms with Crippen LogP contribution in [-0.2, 0) is 16.4 Å². The molecule has 1 atom stereocenters. The Labute approximate surface area is 115 Å². The van der Waals surface area contributed by atoms with Crippen molar-refractivity contribution in [3.8, 4) is 0 Å². The summed E-state index contributed by atoms with van der Waals surface area (Å²) in [4.78, 5) is 6.40. The first-order valence-electron chi connectivity index (χ1n) is 6.63. The van der Waals surface area contributed by atoms with Crippen molar-refractivity contribution in [2.75, 3.05) is 18.8 Å². The van der Waals surface area contributed by atoms with Gasteiger partial charge in [0.25, 0.3) is 0 Å². The van der Waals surface area contributed by atoms with Crippen LogP contribution in [0.2, 0.25) is 0 Å². The third-order valence-electron chi connectivity index (χ3n) is 3.70. The molecule has 1 aromatic heterocycles. The fourth-order valence-electron chi connectivity index (χ4n) is 2.44. The van der Waals surface area contributed by atoms with Crippen LogP contribution in [0.4, 0.5) is 0 Å². The standard InChI is InChI=1S/C13H23N3O2S/c1-11-7-15(10-14-11)8-12-9-16(13(2,3)4)5-6-19(12,17)18/h7,10,12H,5-6,8-9H2,1-4H3/t12-/m1/s1. The molecule has 0 aliphatic carbocycles. The fourth-order valence-corrected chi connectivity index (χ4v) is 4.06. The van der Waals surface area contributed by atoms with Crippen LogP contribution in [0.25, 0.3) is 0 Å². The highest BCUT2D eigenvalue weighted by Gasteiger charge is 2.36. The molecule has 0 unspecified atom stereocenters. The maximum absolute atomic E-state index is 12.2. The van der Waals surface area contributed by atoms with Crippen LogP contribution in [0.1, 0.15) is 26.5 Å². The van der Waals surface area contributed by atoms with Crippen molar-refractivity contribution in [1.29, 1.82) is 0 Å². The van der Waals surface area contributed by atoms with Crippen molar-refractivity contribution in [2.24, 2.45) is 0 Å². The minimum Gasteiger partial charge on any atom is -0.336 e. The summed E-state index contributed by atoms with van der Waals surface area (Å²) in [6.45, 7) is 10.0. The maximum atomic E-state index is 12.2. The maximum Gasteiger partial charge on any atom is 0.157 e. The zero-order valence-corrected chi connectivity index (χ0v) is 12.9. The Balaban J connectivity index is 2.15. The first-order valence-corrected chi connectivity index (χ1v) is 8.35. The zero-order chi connectivity index (χ0) is 14.3. The second kappa shape index (κ2) is 4.90. The molecule has 0 N–H and O–H groups in total. The first kappa shape index (κ1) is 14.5. The lowest BCUT2D eigenvalue weighted by molar-refractivity contribution is 0.136. The second-order valence-electron chi connectivity index (χ2n) is 6.32. The van der Waals surface area contributed by atoms with Crippen LogP contribution in [0.15, 0.2) is 12.5 Å². The zero-order valence-electron chi connectivity index (χ0n) is 12.1. The number of aryl methyl sites for hydroxylation is 1. The van der Waals surface area contributed by atoms with Gasteiger partial charge in [-0.25, -0.2) is 13.4 Å². The van der Waals surface area contributed by atoms with Crippen LogP contribution < -0.4 is 0 Å². The van der Waals surface area contributed by atoms with Gasteiger partial charge >= 0.3 is 0 Å². The second-order valence-corrected chi connectivity index (χ2v) is 8.72. The third kappa shape index (κ3) is 3.36. The van der Waals surface area contributed by atoms with Crippen LogP contribution in [0, 0.1) is 6.92 Å². The predicted molar refractivity (Wildman–Crippen MR) is 75.9 cm³/mol. The molecule has 0 bridgehead atoms. The van der Waals surface area contributed by atoms with E-state index in [1.165, 1.54) is 0 Å². The summed E-state index contributed by atoms with van der Waals surface area (Å²) in [7, 11) is -3.00. The number of hydrogen-bond acceptors (Lipinski definition) is 4. The van der Waals surface area contributed by atoms with Crippen molar-refractivity contribution in [3.05, 3.63) is 18.2 Å². The number of sulfone groups is 1. The van der Waals surface area contributed by atoms with Crippen LogP contribution in [-0.4, -0.2) is 52.5 Å². The van der Waals surface area contributed by atoms with Crippen LogP contribution >= 0.6 is 0 Å². The Morgan fingerprint density at radius 2 is 2.11 bits per heavy atom. The molecular weight excluding hydrogens is 262 g/mol. The van der Waals surface area contributed by atoms with Crippen molar-refractivity contribution < 1.29 is 8.42 Å². The van der Waals surface area contributed by atoms with Gasteiger partial charge in [0.2, 0.25) is 0 Å². The molecule has 2 heterocycles. The summed E-state index contributed by atoms with van der Waals surface area (Å²) in [6.07, 6.45) is 3.60. The molecule has 1 aromatic rings. The highest BCUT2D eigenvalue weighted by molar-refractivity contribution is 7.92. The van der Waals surface area contributed by atoms with Gasteiger partial charge in [0.05, 0.1) is 23.0 Å². The first-order chi connectivity index (χ1) is 8.68. The highest BCUT2D eigenvalue weighted by atomic mass is 32.2. The lowest BCUT2D eigenvalue weighted by atomic mass is 10.1. The van der Waals surface area contributed by atoms with Gasteiger partial charge in [-0.2, -0.15) is 0 Å². The summed E-state index contributed by atoms with van der Waals surface area (Å²) in [5.74, 6) is 0.253. The Morgan fingerprint density at radius 1 is 1.42 bits per heavy atom. The van der Waals surface area contributed by atoms with E-state index in [1.807, 2.05) is 17.7 Å². The van der Waals surface area contributed by atoms with E-state index in [0.29, 0.717) is 19.6 Å². The monoisotopic (exact) mass is 285 g/mol.